The monoisotopic (exact) mass is 318 g/mol. The highest BCUT2D eigenvalue weighted by atomic mass is 16.5. The number of fused-ring (bicyclic) bond motifs is 3. The first-order chi connectivity index (χ1) is 11.9. The highest BCUT2D eigenvalue weighted by Gasteiger charge is 2.15. The van der Waals surface area contributed by atoms with Gasteiger partial charge in [0, 0.05) is 19.3 Å². The van der Waals surface area contributed by atoms with Crippen molar-refractivity contribution in [3.8, 4) is 0 Å². The second kappa shape index (κ2) is 6.37. The predicted molar refractivity (Wildman–Crippen MR) is 93.7 cm³/mol. The van der Waals surface area contributed by atoms with E-state index in [9.17, 15) is 0 Å². The number of ether oxygens (including phenoxy) is 1. The third-order valence-electron chi connectivity index (χ3n) is 4.03. The zero-order valence-corrected chi connectivity index (χ0v) is 13.5. The standard InChI is InChI=1S/C19H18N4O/c1-2-24-13-17-22-16-11-21-15-9-6-10-20-18(15)19(16)23(17)12-14-7-4-3-5-8-14/h3-11H,2,12-13H2,1H3. The molecule has 0 amide bonds. The zero-order chi connectivity index (χ0) is 16.4. The molecule has 0 spiro atoms. The summed E-state index contributed by atoms with van der Waals surface area (Å²) in [6.07, 6.45) is 3.61. The van der Waals surface area contributed by atoms with Crippen LogP contribution in [0.1, 0.15) is 18.3 Å². The van der Waals surface area contributed by atoms with Gasteiger partial charge in [-0.1, -0.05) is 30.3 Å². The van der Waals surface area contributed by atoms with Crippen molar-refractivity contribution >= 4 is 22.1 Å². The summed E-state index contributed by atoms with van der Waals surface area (Å²) >= 11 is 0. The van der Waals surface area contributed by atoms with E-state index in [1.807, 2.05) is 31.3 Å². The molecule has 120 valence electrons. The second-order valence-electron chi connectivity index (χ2n) is 5.60. The van der Waals surface area contributed by atoms with E-state index < -0.39 is 0 Å². The van der Waals surface area contributed by atoms with Crippen LogP contribution >= 0.6 is 0 Å². The number of rotatable bonds is 5. The zero-order valence-electron chi connectivity index (χ0n) is 13.5. The molecule has 0 bridgehead atoms. The van der Waals surface area contributed by atoms with Crippen molar-refractivity contribution in [3.05, 3.63) is 66.2 Å². The Bertz CT molecular complexity index is 979. The van der Waals surface area contributed by atoms with Crippen LogP contribution < -0.4 is 0 Å². The average Bonchev–Trinajstić information content (AvgIpc) is 2.99. The van der Waals surface area contributed by atoms with Gasteiger partial charge in [0.25, 0.3) is 0 Å². The molecule has 0 saturated carbocycles. The van der Waals surface area contributed by atoms with E-state index in [4.69, 9.17) is 9.72 Å². The minimum Gasteiger partial charge on any atom is -0.374 e. The van der Waals surface area contributed by atoms with Crippen molar-refractivity contribution in [1.29, 1.82) is 0 Å². The number of hydrogen-bond donors (Lipinski definition) is 0. The lowest BCUT2D eigenvalue weighted by Gasteiger charge is -2.10. The molecule has 1 aromatic carbocycles. The van der Waals surface area contributed by atoms with Crippen molar-refractivity contribution in [2.75, 3.05) is 6.61 Å². The minimum atomic E-state index is 0.479. The number of hydrogen-bond acceptors (Lipinski definition) is 4. The molecule has 0 N–H and O–H groups in total. The fourth-order valence-electron chi connectivity index (χ4n) is 2.91. The fourth-order valence-corrected chi connectivity index (χ4v) is 2.91. The van der Waals surface area contributed by atoms with Crippen LogP contribution in [0.15, 0.2) is 54.9 Å². The summed E-state index contributed by atoms with van der Waals surface area (Å²) in [4.78, 5) is 13.7. The maximum atomic E-state index is 5.62. The van der Waals surface area contributed by atoms with Crippen LogP contribution in [0, 0.1) is 0 Å². The number of imidazole rings is 1. The Balaban J connectivity index is 1.93. The van der Waals surface area contributed by atoms with E-state index in [-0.39, 0.29) is 0 Å². The maximum Gasteiger partial charge on any atom is 0.136 e. The summed E-state index contributed by atoms with van der Waals surface area (Å²) in [7, 11) is 0. The molecule has 4 aromatic rings. The van der Waals surface area contributed by atoms with Gasteiger partial charge in [-0.3, -0.25) is 9.97 Å². The molecule has 0 saturated heterocycles. The van der Waals surface area contributed by atoms with E-state index in [1.165, 1.54) is 5.56 Å². The SMILES string of the molecule is CCOCc1nc2cnc3cccnc3c2n1Cc1ccccc1. The lowest BCUT2D eigenvalue weighted by molar-refractivity contribution is 0.126. The molecule has 3 heterocycles. The molecule has 4 rings (SSSR count). The number of nitrogens with zero attached hydrogens (tertiary/aromatic N) is 4. The summed E-state index contributed by atoms with van der Waals surface area (Å²) in [6, 6.07) is 14.2. The molecule has 24 heavy (non-hydrogen) atoms. The minimum absolute atomic E-state index is 0.479. The molecule has 0 atom stereocenters. The van der Waals surface area contributed by atoms with Crippen LogP contribution in [0.4, 0.5) is 0 Å². The molecule has 5 nitrogen and oxygen atoms in total. The van der Waals surface area contributed by atoms with Gasteiger partial charge in [0.2, 0.25) is 0 Å². The van der Waals surface area contributed by atoms with Crippen LogP contribution in [0.3, 0.4) is 0 Å². The van der Waals surface area contributed by atoms with E-state index in [0.717, 1.165) is 34.4 Å². The smallest absolute Gasteiger partial charge is 0.136 e. The lowest BCUT2D eigenvalue weighted by atomic mass is 10.2. The number of aromatic nitrogens is 4. The van der Waals surface area contributed by atoms with E-state index >= 15 is 0 Å². The molecule has 0 aliphatic heterocycles. The first-order valence-corrected chi connectivity index (χ1v) is 8.07. The Morgan fingerprint density at radius 3 is 2.71 bits per heavy atom. The van der Waals surface area contributed by atoms with Crippen molar-refractivity contribution in [1.82, 2.24) is 19.5 Å². The van der Waals surface area contributed by atoms with Crippen LogP contribution in [0.5, 0.6) is 0 Å². The number of benzene rings is 1. The van der Waals surface area contributed by atoms with Gasteiger partial charge in [0.1, 0.15) is 23.5 Å². The third-order valence-corrected chi connectivity index (χ3v) is 4.03. The molecule has 0 aliphatic rings. The summed E-state index contributed by atoms with van der Waals surface area (Å²) in [5.41, 5.74) is 4.84. The van der Waals surface area contributed by atoms with Crippen LogP contribution in [0.25, 0.3) is 22.1 Å². The van der Waals surface area contributed by atoms with E-state index in [2.05, 4.69) is 38.8 Å². The Labute approximate surface area is 140 Å². The predicted octanol–water partition coefficient (Wildman–Crippen LogP) is 3.56. The summed E-state index contributed by atoms with van der Waals surface area (Å²) < 4.78 is 7.81. The topological polar surface area (TPSA) is 52.8 Å². The lowest BCUT2D eigenvalue weighted by Crippen LogP contribution is -2.07. The summed E-state index contributed by atoms with van der Waals surface area (Å²) in [6.45, 7) is 3.86. The quantitative estimate of drug-likeness (QED) is 0.564. The maximum absolute atomic E-state index is 5.62. The molecule has 0 fully saturated rings. The summed E-state index contributed by atoms with van der Waals surface area (Å²) in [5, 5.41) is 0. The molecule has 0 unspecified atom stereocenters. The van der Waals surface area contributed by atoms with Gasteiger partial charge in [-0.25, -0.2) is 4.98 Å². The Hall–Kier alpha value is -2.79. The highest BCUT2D eigenvalue weighted by molar-refractivity contribution is 5.99. The highest BCUT2D eigenvalue weighted by Crippen LogP contribution is 2.24. The van der Waals surface area contributed by atoms with E-state index in [0.29, 0.717) is 13.2 Å². The Morgan fingerprint density at radius 1 is 1.00 bits per heavy atom. The van der Waals surface area contributed by atoms with Gasteiger partial charge in [-0.05, 0) is 24.6 Å². The van der Waals surface area contributed by atoms with Crippen LogP contribution in [-0.2, 0) is 17.9 Å². The van der Waals surface area contributed by atoms with Crippen molar-refractivity contribution < 1.29 is 4.74 Å². The average molecular weight is 318 g/mol. The fraction of sp³-hybridized carbons (Fsp3) is 0.211. The largest absolute Gasteiger partial charge is 0.374 e. The van der Waals surface area contributed by atoms with Gasteiger partial charge in [-0.2, -0.15) is 0 Å². The number of pyridine rings is 2. The first-order valence-electron chi connectivity index (χ1n) is 8.07. The van der Waals surface area contributed by atoms with Crippen molar-refractivity contribution in [2.45, 2.75) is 20.1 Å². The molecule has 3 aromatic heterocycles. The third kappa shape index (κ3) is 2.63. The summed E-state index contributed by atoms with van der Waals surface area (Å²) in [5.74, 6) is 0.899. The van der Waals surface area contributed by atoms with Gasteiger partial charge in [0.05, 0.1) is 17.2 Å². The molecule has 0 aliphatic carbocycles. The van der Waals surface area contributed by atoms with Gasteiger partial charge < -0.3 is 9.30 Å². The van der Waals surface area contributed by atoms with Crippen molar-refractivity contribution in [2.24, 2.45) is 0 Å². The molecule has 0 radical (unpaired) electrons. The van der Waals surface area contributed by atoms with Crippen LogP contribution in [0.2, 0.25) is 0 Å². The van der Waals surface area contributed by atoms with E-state index in [1.54, 1.807) is 6.20 Å². The first kappa shape index (κ1) is 14.8. The van der Waals surface area contributed by atoms with Gasteiger partial charge >= 0.3 is 0 Å². The van der Waals surface area contributed by atoms with Gasteiger partial charge in [-0.15, -0.1) is 0 Å². The van der Waals surface area contributed by atoms with Gasteiger partial charge in [0.15, 0.2) is 0 Å². The van der Waals surface area contributed by atoms with Crippen molar-refractivity contribution in [3.63, 3.8) is 0 Å². The second-order valence-corrected chi connectivity index (χ2v) is 5.60. The van der Waals surface area contributed by atoms with Crippen LogP contribution in [-0.4, -0.2) is 26.1 Å². The normalized spacial score (nSPS) is 11.4. The molecule has 5 heteroatoms. The Morgan fingerprint density at radius 2 is 1.88 bits per heavy atom. The Kier molecular flexibility index (Phi) is 3.92. The molecular formula is C19H18N4O. The molecular weight excluding hydrogens is 300 g/mol.